The molecule has 0 spiro atoms. The number of tetrazole rings is 1. The molecule has 0 aliphatic carbocycles. The summed E-state index contributed by atoms with van der Waals surface area (Å²) in [6.07, 6.45) is 1.27. The third kappa shape index (κ3) is 0.642. The van der Waals surface area contributed by atoms with Gasteiger partial charge in [0, 0.05) is 0 Å². The highest BCUT2D eigenvalue weighted by molar-refractivity contribution is 5.35. The molecule has 0 atom stereocenters. The van der Waals surface area contributed by atoms with Gasteiger partial charge in [-0.15, -0.1) is 10.2 Å². The predicted molar refractivity (Wildman–Crippen MR) is 27.5 cm³/mol. The molecule has 0 radical (unpaired) electrons. The Morgan fingerprint density at radius 1 is 1.50 bits per heavy atom. The van der Waals surface area contributed by atoms with Gasteiger partial charge in [-0.2, -0.15) is 10.2 Å². The highest BCUT2D eigenvalue weighted by atomic mass is 16.5. The molecule has 0 aliphatic heterocycles. The fourth-order valence-electron chi connectivity index (χ4n) is 0.524. The number of aromatic amines is 1. The summed E-state index contributed by atoms with van der Waals surface area (Å²) < 4.78 is 4.63. The molecule has 2 aromatic heterocycles. The molecule has 7 heteroatoms. The molecule has 0 unspecified atom stereocenters. The van der Waals surface area contributed by atoms with E-state index in [2.05, 4.69) is 35.3 Å². The van der Waals surface area contributed by atoms with E-state index in [4.69, 9.17) is 0 Å². The summed E-state index contributed by atoms with van der Waals surface area (Å²) in [7, 11) is 0. The Morgan fingerprint density at radius 2 is 2.50 bits per heavy atom. The number of hydrogen-bond donors (Lipinski definition) is 1. The van der Waals surface area contributed by atoms with Crippen molar-refractivity contribution in [2.75, 3.05) is 0 Å². The van der Waals surface area contributed by atoms with E-state index >= 15 is 0 Å². The van der Waals surface area contributed by atoms with Crippen molar-refractivity contribution >= 4 is 0 Å². The van der Waals surface area contributed by atoms with Crippen molar-refractivity contribution in [3.05, 3.63) is 6.33 Å². The molecule has 0 amide bonds. The smallest absolute Gasteiger partial charge is 0.299 e. The van der Waals surface area contributed by atoms with Gasteiger partial charge in [-0.25, -0.2) is 0 Å². The summed E-state index contributed by atoms with van der Waals surface area (Å²) in [6.45, 7) is 0. The molecule has 2 aromatic rings. The van der Waals surface area contributed by atoms with E-state index in [1.54, 1.807) is 0 Å². The minimum Gasteiger partial charge on any atom is -0.331 e. The second-order valence-corrected chi connectivity index (χ2v) is 1.48. The molecule has 1 N–H and O–H groups in total. The van der Waals surface area contributed by atoms with Crippen molar-refractivity contribution in [2.24, 2.45) is 0 Å². The molecule has 2 heterocycles. The average Bonchev–Trinajstić information content (AvgIpc) is 2.59. The molecular weight excluding hydrogens is 136 g/mol. The van der Waals surface area contributed by atoms with Gasteiger partial charge < -0.3 is 4.52 Å². The summed E-state index contributed by atoms with van der Waals surface area (Å²) in [4.78, 5) is 3.70. The molecule has 50 valence electrons. The highest BCUT2D eigenvalue weighted by Crippen LogP contribution is 2.04. The SMILES string of the molecule is c1noc(-c2nn[nH]n2)n1. The van der Waals surface area contributed by atoms with Crippen molar-refractivity contribution in [2.45, 2.75) is 0 Å². The van der Waals surface area contributed by atoms with E-state index in [-0.39, 0.29) is 5.89 Å². The van der Waals surface area contributed by atoms with Gasteiger partial charge in [0.1, 0.15) is 0 Å². The third-order valence-electron chi connectivity index (χ3n) is 0.898. The summed E-state index contributed by atoms with van der Waals surface area (Å²) >= 11 is 0. The maximum atomic E-state index is 4.63. The monoisotopic (exact) mass is 138 g/mol. The summed E-state index contributed by atoms with van der Waals surface area (Å²) in [6, 6.07) is 0. The van der Waals surface area contributed by atoms with Gasteiger partial charge in [0.05, 0.1) is 0 Å². The van der Waals surface area contributed by atoms with Gasteiger partial charge >= 0.3 is 0 Å². The zero-order valence-electron chi connectivity index (χ0n) is 4.72. The van der Waals surface area contributed by atoms with E-state index in [9.17, 15) is 0 Å². The maximum absolute atomic E-state index is 4.63. The van der Waals surface area contributed by atoms with Gasteiger partial charge in [0.15, 0.2) is 6.33 Å². The summed E-state index contributed by atoms with van der Waals surface area (Å²) in [5, 5.41) is 16.2. The topological polar surface area (TPSA) is 93.4 Å². The second-order valence-electron chi connectivity index (χ2n) is 1.48. The average molecular weight is 138 g/mol. The molecule has 0 aromatic carbocycles. The standard InChI is InChI=1S/C3H2N6O/c1-4-3(10-5-1)2-6-8-9-7-2/h1H,(H,6,7,8,9). The van der Waals surface area contributed by atoms with Crippen LogP contribution in [0.5, 0.6) is 0 Å². The van der Waals surface area contributed by atoms with Crippen molar-refractivity contribution in [1.29, 1.82) is 0 Å². The minimum atomic E-state index is 0.258. The van der Waals surface area contributed by atoms with Crippen LogP contribution in [-0.2, 0) is 0 Å². The first-order valence-corrected chi connectivity index (χ1v) is 2.47. The quantitative estimate of drug-likeness (QED) is 0.557. The minimum absolute atomic E-state index is 0.258. The molecule has 0 saturated carbocycles. The lowest BCUT2D eigenvalue weighted by Gasteiger charge is -1.75. The van der Waals surface area contributed by atoms with Gasteiger partial charge in [-0.05, 0) is 5.21 Å². The Bertz CT molecular complexity index is 252. The maximum Gasteiger partial charge on any atom is 0.299 e. The number of H-pyrrole nitrogens is 1. The van der Waals surface area contributed by atoms with Crippen LogP contribution in [0.4, 0.5) is 0 Å². The van der Waals surface area contributed by atoms with Crippen LogP contribution in [-0.4, -0.2) is 30.8 Å². The Labute approximate surface area is 54.4 Å². The molecule has 0 saturated heterocycles. The molecule has 0 fully saturated rings. The second kappa shape index (κ2) is 1.87. The lowest BCUT2D eigenvalue weighted by Crippen LogP contribution is -1.78. The van der Waals surface area contributed by atoms with Crippen LogP contribution in [0.3, 0.4) is 0 Å². The highest BCUT2D eigenvalue weighted by Gasteiger charge is 2.06. The van der Waals surface area contributed by atoms with E-state index in [0.717, 1.165) is 0 Å². The number of nitrogens with zero attached hydrogens (tertiary/aromatic N) is 5. The van der Waals surface area contributed by atoms with Gasteiger partial charge in [0.25, 0.3) is 11.7 Å². The number of nitrogens with one attached hydrogen (secondary N) is 1. The number of aromatic nitrogens is 6. The van der Waals surface area contributed by atoms with E-state index < -0.39 is 0 Å². The van der Waals surface area contributed by atoms with Crippen molar-refractivity contribution in [3.8, 4) is 11.7 Å². The van der Waals surface area contributed by atoms with Crippen LogP contribution in [0.25, 0.3) is 11.7 Å². The zero-order valence-corrected chi connectivity index (χ0v) is 4.72. The molecule has 0 aliphatic rings. The van der Waals surface area contributed by atoms with E-state index in [1.807, 2.05) is 0 Å². The number of rotatable bonds is 1. The summed E-state index contributed by atoms with van der Waals surface area (Å²) in [5.41, 5.74) is 0. The van der Waals surface area contributed by atoms with Crippen LogP contribution in [0, 0.1) is 0 Å². The normalized spacial score (nSPS) is 10.0. The van der Waals surface area contributed by atoms with E-state index in [0.29, 0.717) is 5.82 Å². The van der Waals surface area contributed by atoms with Crippen LogP contribution in [0.1, 0.15) is 0 Å². The van der Waals surface area contributed by atoms with Gasteiger partial charge in [0.2, 0.25) is 0 Å². The Balaban J connectivity index is 2.48. The Hall–Kier alpha value is -1.79. The first-order chi connectivity index (χ1) is 4.97. The predicted octanol–water partition coefficient (Wildman–Crippen LogP) is -0.750. The van der Waals surface area contributed by atoms with Gasteiger partial charge in [-0.3, -0.25) is 0 Å². The van der Waals surface area contributed by atoms with E-state index in [1.165, 1.54) is 6.33 Å². The van der Waals surface area contributed by atoms with Crippen LogP contribution in [0.15, 0.2) is 10.9 Å². The van der Waals surface area contributed by atoms with Crippen molar-refractivity contribution in [1.82, 2.24) is 30.8 Å². The van der Waals surface area contributed by atoms with Crippen LogP contribution in [0.2, 0.25) is 0 Å². The lowest BCUT2D eigenvalue weighted by molar-refractivity contribution is 0.427. The van der Waals surface area contributed by atoms with Gasteiger partial charge in [-0.1, -0.05) is 5.16 Å². The van der Waals surface area contributed by atoms with Crippen LogP contribution >= 0.6 is 0 Å². The first-order valence-electron chi connectivity index (χ1n) is 2.47. The molecule has 0 bridgehead atoms. The third-order valence-corrected chi connectivity index (χ3v) is 0.898. The lowest BCUT2D eigenvalue weighted by atomic mass is 10.6. The first kappa shape index (κ1) is 5.03. The Kier molecular flexibility index (Phi) is 0.938. The molecule has 10 heavy (non-hydrogen) atoms. The fraction of sp³-hybridized carbons (Fsp3) is 0. The van der Waals surface area contributed by atoms with Crippen molar-refractivity contribution < 1.29 is 4.52 Å². The zero-order chi connectivity index (χ0) is 6.81. The van der Waals surface area contributed by atoms with Crippen LogP contribution < -0.4 is 0 Å². The Morgan fingerprint density at radius 3 is 3.10 bits per heavy atom. The molecule has 7 nitrogen and oxygen atoms in total. The fourth-order valence-corrected chi connectivity index (χ4v) is 0.524. The molecule has 2 rings (SSSR count). The van der Waals surface area contributed by atoms with Crippen molar-refractivity contribution in [3.63, 3.8) is 0 Å². The molecular formula is C3H2N6O. The number of hydrogen-bond acceptors (Lipinski definition) is 6. The summed E-state index contributed by atoms with van der Waals surface area (Å²) in [5.74, 6) is 0.561. The largest absolute Gasteiger partial charge is 0.331 e.